The van der Waals surface area contributed by atoms with Crippen LogP contribution in [0, 0.1) is 0 Å². The number of nitrogens with two attached hydrogens (primary N) is 1. The normalized spacial score (nSPS) is 14.4. The van der Waals surface area contributed by atoms with Crippen LogP contribution in [0.15, 0.2) is 46.0 Å². The third kappa shape index (κ3) is 3.29. The third-order valence-electron chi connectivity index (χ3n) is 2.81. The van der Waals surface area contributed by atoms with Gasteiger partial charge < -0.3 is 5.73 Å². The topological polar surface area (TPSA) is 26.0 Å². The summed E-state index contributed by atoms with van der Waals surface area (Å²) in [5.41, 5.74) is 7.39. The van der Waals surface area contributed by atoms with E-state index >= 15 is 0 Å². The SMILES string of the molecule is CCC(N)C(Sc1cccs1)c1ccccc1Cl. The summed E-state index contributed by atoms with van der Waals surface area (Å²) in [5, 5.41) is 3.10. The summed E-state index contributed by atoms with van der Waals surface area (Å²) in [6.07, 6.45) is 0.939. The Morgan fingerprint density at radius 3 is 2.67 bits per heavy atom. The molecule has 2 N–H and O–H groups in total. The molecule has 1 nitrogen and oxygen atoms in total. The van der Waals surface area contributed by atoms with E-state index in [1.807, 2.05) is 18.2 Å². The molecule has 0 radical (unpaired) electrons. The van der Waals surface area contributed by atoms with Crippen molar-refractivity contribution < 1.29 is 0 Å². The highest BCUT2D eigenvalue weighted by Crippen LogP contribution is 2.42. The highest BCUT2D eigenvalue weighted by atomic mass is 35.5. The highest BCUT2D eigenvalue weighted by molar-refractivity contribution is 8.01. The molecule has 1 aromatic carbocycles. The average molecular weight is 298 g/mol. The summed E-state index contributed by atoms with van der Waals surface area (Å²) in [4.78, 5) is 0. The van der Waals surface area contributed by atoms with Crippen molar-refractivity contribution in [1.29, 1.82) is 0 Å². The van der Waals surface area contributed by atoms with Gasteiger partial charge in [0.25, 0.3) is 0 Å². The minimum atomic E-state index is 0.108. The van der Waals surface area contributed by atoms with E-state index in [1.54, 1.807) is 23.1 Å². The summed E-state index contributed by atoms with van der Waals surface area (Å²) in [5.74, 6) is 0. The van der Waals surface area contributed by atoms with Crippen LogP contribution in [-0.2, 0) is 0 Å². The van der Waals surface area contributed by atoms with Crippen molar-refractivity contribution >= 4 is 34.7 Å². The molecule has 0 aliphatic rings. The second kappa shape index (κ2) is 6.62. The Hall–Kier alpha value is -0.480. The quantitative estimate of drug-likeness (QED) is 0.788. The molecule has 2 atom stereocenters. The van der Waals surface area contributed by atoms with E-state index in [1.165, 1.54) is 4.21 Å². The first-order valence-corrected chi connectivity index (χ1v) is 8.06. The molecule has 1 aromatic heterocycles. The van der Waals surface area contributed by atoms with Gasteiger partial charge in [-0.15, -0.1) is 23.1 Å². The molecule has 4 heteroatoms. The van der Waals surface area contributed by atoms with Crippen LogP contribution < -0.4 is 5.73 Å². The van der Waals surface area contributed by atoms with Crippen LogP contribution in [0.2, 0.25) is 5.02 Å². The van der Waals surface area contributed by atoms with Crippen LogP contribution in [0.3, 0.4) is 0 Å². The fourth-order valence-electron chi connectivity index (χ4n) is 1.76. The lowest BCUT2D eigenvalue weighted by Crippen LogP contribution is -2.25. The van der Waals surface area contributed by atoms with Gasteiger partial charge in [0, 0.05) is 11.1 Å². The largest absolute Gasteiger partial charge is 0.326 e. The van der Waals surface area contributed by atoms with Crippen LogP contribution in [0.25, 0.3) is 0 Å². The smallest absolute Gasteiger partial charge is 0.0605 e. The predicted molar refractivity (Wildman–Crippen MR) is 82.6 cm³/mol. The van der Waals surface area contributed by atoms with Gasteiger partial charge in [0.1, 0.15) is 0 Å². The number of benzene rings is 1. The van der Waals surface area contributed by atoms with Crippen molar-refractivity contribution in [2.45, 2.75) is 28.8 Å². The Morgan fingerprint density at radius 2 is 2.06 bits per heavy atom. The number of hydrogen-bond donors (Lipinski definition) is 1. The maximum absolute atomic E-state index is 6.29. The lowest BCUT2D eigenvalue weighted by molar-refractivity contribution is 0.634. The van der Waals surface area contributed by atoms with Gasteiger partial charge in [0.2, 0.25) is 0 Å². The number of hydrogen-bond acceptors (Lipinski definition) is 3. The Labute approximate surface area is 121 Å². The standard InChI is InChI=1S/C14H16ClNS2/c1-2-12(16)14(18-13-8-5-9-17-13)10-6-3-4-7-11(10)15/h3-9,12,14H,2,16H2,1H3. The third-order valence-corrected chi connectivity index (χ3v) is 5.62. The van der Waals surface area contributed by atoms with Crippen molar-refractivity contribution in [1.82, 2.24) is 0 Å². The number of thiophene rings is 1. The molecule has 1 heterocycles. The average Bonchev–Trinajstić information content (AvgIpc) is 2.89. The molecule has 0 fully saturated rings. The molecule has 0 saturated heterocycles. The Bertz CT molecular complexity index is 484. The second-order valence-corrected chi connectivity index (χ2v) is 6.86. The van der Waals surface area contributed by atoms with Crippen molar-refractivity contribution in [3.8, 4) is 0 Å². The number of rotatable bonds is 5. The fraction of sp³-hybridized carbons (Fsp3) is 0.286. The first-order chi connectivity index (χ1) is 8.72. The van der Waals surface area contributed by atoms with E-state index in [0.29, 0.717) is 0 Å². The molecule has 18 heavy (non-hydrogen) atoms. The molecule has 0 aliphatic heterocycles. The molecule has 2 rings (SSSR count). The van der Waals surface area contributed by atoms with Crippen LogP contribution in [0.4, 0.5) is 0 Å². The van der Waals surface area contributed by atoms with E-state index in [2.05, 4.69) is 30.5 Å². The van der Waals surface area contributed by atoms with Gasteiger partial charge in [-0.25, -0.2) is 0 Å². The highest BCUT2D eigenvalue weighted by Gasteiger charge is 2.22. The van der Waals surface area contributed by atoms with Gasteiger partial charge >= 0.3 is 0 Å². The van der Waals surface area contributed by atoms with E-state index in [9.17, 15) is 0 Å². The van der Waals surface area contributed by atoms with Crippen molar-refractivity contribution in [2.24, 2.45) is 5.73 Å². The molecular weight excluding hydrogens is 282 g/mol. The van der Waals surface area contributed by atoms with Crippen molar-refractivity contribution in [2.75, 3.05) is 0 Å². The molecule has 96 valence electrons. The molecule has 2 aromatic rings. The van der Waals surface area contributed by atoms with Gasteiger partial charge in [0.15, 0.2) is 0 Å². The Balaban J connectivity index is 2.28. The van der Waals surface area contributed by atoms with Gasteiger partial charge in [-0.3, -0.25) is 0 Å². The minimum Gasteiger partial charge on any atom is -0.326 e. The summed E-state index contributed by atoms with van der Waals surface area (Å²) >= 11 is 9.84. The zero-order chi connectivity index (χ0) is 13.0. The summed E-state index contributed by atoms with van der Waals surface area (Å²) in [6.45, 7) is 2.11. The van der Waals surface area contributed by atoms with E-state index in [4.69, 9.17) is 17.3 Å². The minimum absolute atomic E-state index is 0.108. The van der Waals surface area contributed by atoms with E-state index < -0.39 is 0 Å². The molecular formula is C14H16ClNS2. The Kier molecular flexibility index (Phi) is 5.13. The molecule has 0 amide bonds. The van der Waals surface area contributed by atoms with Gasteiger partial charge in [0.05, 0.1) is 9.46 Å². The van der Waals surface area contributed by atoms with Crippen molar-refractivity contribution in [3.63, 3.8) is 0 Å². The molecule has 0 saturated carbocycles. The van der Waals surface area contributed by atoms with Gasteiger partial charge in [-0.05, 0) is 29.5 Å². The zero-order valence-corrected chi connectivity index (χ0v) is 12.6. The first-order valence-electron chi connectivity index (χ1n) is 5.92. The summed E-state index contributed by atoms with van der Waals surface area (Å²) < 4.78 is 1.28. The number of halogens is 1. The molecule has 0 bridgehead atoms. The maximum Gasteiger partial charge on any atom is 0.0605 e. The van der Waals surface area contributed by atoms with E-state index in [-0.39, 0.29) is 11.3 Å². The number of thioether (sulfide) groups is 1. The summed E-state index contributed by atoms with van der Waals surface area (Å²) in [6, 6.07) is 12.3. The van der Waals surface area contributed by atoms with Crippen LogP contribution in [0.1, 0.15) is 24.2 Å². The lowest BCUT2D eigenvalue weighted by atomic mass is 10.0. The zero-order valence-electron chi connectivity index (χ0n) is 10.2. The monoisotopic (exact) mass is 297 g/mol. The van der Waals surface area contributed by atoms with Crippen LogP contribution in [0.5, 0.6) is 0 Å². The lowest BCUT2D eigenvalue weighted by Gasteiger charge is -2.23. The first kappa shape index (κ1) is 13.9. The van der Waals surface area contributed by atoms with Crippen LogP contribution >= 0.6 is 34.7 Å². The van der Waals surface area contributed by atoms with Crippen LogP contribution in [-0.4, -0.2) is 6.04 Å². The van der Waals surface area contributed by atoms with Gasteiger partial charge in [-0.2, -0.15) is 0 Å². The molecule has 2 unspecified atom stereocenters. The molecule has 0 spiro atoms. The predicted octanol–water partition coefficient (Wildman–Crippen LogP) is 4.97. The van der Waals surface area contributed by atoms with Crippen molar-refractivity contribution in [3.05, 3.63) is 52.4 Å². The Morgan fingerprint density at radius 1 is 1.28 bits per heavy atom. The molecule has 0 aliphatic carbocycles. The van der Waals surface area contributed by atoms with E-state index in [0.717, 1.165) is 17.0 Å². The second-order valence-electron chi connectivity index (χ2n) is 4.06. The fourth-order valence-corrected chi connectivity index (χ4v) is 4.33. The maximum atomic E-state index is 6.29. The van der Waals surface area contributed by atoms with Gasteiger partial charge in [-0.1, -0.05) is 42.8 Å². The summed E-state index contributed by atoms with van der Waals surface area (Å²) in [7, 11) is 0.